The number of carbonyl (C=O) groups is 1. The summed E-state index contributed by atoms with van der Waals surface area (Å²) < 4.78 is 5.46. The summed E-state index contributed by atoms with van der Waals surface area (Å²) in [5.74, 6) is 0.758. The summed E-state index contributed by atoms with van der Waals surface area (Å²) in [7, 11) is 0. The number of aromatic nitrogens is 2. The molecule has 1 aliphatic heterocycles. The van der Waals surface area contributed by atoms with Crippen LogP contribution in [0.5, 0.6) is 0 Å². The number of fused-ring (bicyclic) bond motifs is 2. The Balaban J connectivity index is 1.61. The van der Waals surface area contributed by atoms with Gasteiger partial charge in [-0.05, 0) is 44.6 Å². The molecule has 2 aromatic heterocycles. The zero-order valence-corrected chi connectivity index (χ0v) is 16.2. The van der Waals surface area contributed by atoms with E-state index in [1.54, 1.807) is 0 Å². The van der Waals surface area contributed by atoms with Gasteiger partial charge in [0.05, 0.1) is 22.3 Å². The molecule has 1 amide bonds. The summed E-state index contributed by atoms with van der Waals surface area (Å²) in [4.78, 5) is 20.5. The topological polar surface area (TPSA) is 59.2 Å². The quantitative estimate of drug-likeness (QED) is 0.633. The molecule has 1 saturated heterocycles. The van der Waals surface area contributed by atoms with Gasteiger partial charge >= 0.3 is 0 Å². The molecule has 0 bridgehead atoms. The first-order chi connectivity index (χ1) is 13.7. The highest BCUT2D eigenvalue weighted by Crippen LogP contribution is 2.37. The van der Waals surface area contributed by atoms with Gasteiger partial charge in [-0.15, -0.1) is 0 Å². The van der Waals surface area contributed by atoms with E-state index in [0.29, 0.717) is 23.2 Å². The molecule has 2 atom stereocenters. The second-order valence-electron chi connectivity index (χ2n) is 8.12. The Morgan fingerprint density at radius 3 is 2.75 bits per heavy atom. The third-order valence-corrected chi connectivity index (χ3v) is 6.42. The second kappa shape index (κ2) is 7.04. The average molecular weight is 375 g/mol. The van der Waals surface area contributed by atoms with Crippen molar-refractivity contribution in [1.82, 2.24) is 15.0 Å². The number of hydrogen-bond donors (Lipinski definition) is 0. The molecule has 1 saturated carbocycles. The summed E-state index contributed by atoms with van der Waals surface area (Å²) in [6.45, 7) is 2.72. The Morgan fingerprint density at radius 2 is 1.89 bits per heavy atom. The number of nitrogens with zero attached hydrogens (tertiary/aromatic N) is 3. The zero-order valence-electron chi connectivity index (χ0n) is 16.2. The molecule has 5 heteroatoms. The maximum Gasteiger partial charge on any atom is 0.259 e. The van der Waals surface area contributed by atoms with Crippen molar-refractivity contribution in [2.45, 2.75) is 51.5 Å². The Kier molecular flexibility index (Phi) is 4.38. The monoisotopic (exact) mass is 375 g/mol. The Labute approximate surface area is 164 Å². The van der Waals surface area contributed by atoms with Crippen molar-refractivity contribution in [3.63, 3.8) is 0 Å². The van der Waals surface area contributed by atoms with Crippen LogP contribution in [0.2, 0.25) is 0 Å². The van der Waals surface area contributed by atoms with E-state index < -0.39 is 0 Å². The summed E-state index contributed by atoms with van der Waals surface area (Å²) in [5.41, 5.74) is 3.57. The molecular weight excluding hydrogens is 350 g/mol. The maximum atomic E-state index is 13.7. The standard InChI is InChI=1S/C23H25N3O2/c1-15-21-18(23(27)26-13-7-11-17-10-5-6-12-20(17)26)14-19(24-22(21)28-25-15)16-8-3-2-4-9-16/h2-4,8-9,14,17,20H,5-7,10-13H2,1H3. The van der Waals surface area contributed by atoms with Crippen LogP contribution in [-0.2, 0) is 0 Å². The number of amides is 1. The van der Waals surface area contributed by atoms with Crippen LogP contribution in [0.25, 0.3) is 22.4 Å². The van der Waals surface area contributed by atoms with E-state index in [9.17, 15) is 4.79 Å². The fourth-order valence-electron chi connectivity index (χ4n) is 5.05. The molecule has 5 nitrogen and oxygen atoms in total. The maximum absolute atomic E-state index is 13.7. The number of hydrogen-bond acceptors (Lipinski definition) is 4. The fraction of sp³-hybridized carbons (Fsp3) is 0.435. The molecular formula is C23H25N3O2. The molecule has 0 radical (unpaired) electrons. The van der Waals surface area contributed by atoms with Gasteiger partial charge in [-0.1, -0.05) is 48.3 Å². The van der Waals surface area contributed by atoms with Crippen molar-refractivity contribution < 1.29 is 9.32 Å². The van der Waals surface area contributed by atoms with E-state index in [2.05, 4.69) is 15.0 Å². The molecule has 144 valence electrons. The lowest BCUT2D eigenvalue weighted by Gasteiger charge is -2.44. The minimum atomic E-state index is 0.104. The lowest BCUT2D eigenvalue weighted by atomic mass is 9.78. The number of likely N-dealkylation sites (tertiary alicyclic amines) is 1. The lowest BCUT2D eigenvalue weighted by Crippen LogP contribution is -2.49. The van der Waals surface area contributed by atoms with Gasteiger partial charge in [-0.2, -0.15) is 0 Å². The number of piperidine rings is 1. The molecule has 2 aliphatic rings. The molecule has 5 rings (SSSR count). The number of aryl methyl sites for hydroxylation is 1. The van der Waals surface area contributed by atoms with Crippen LogP contribution in [0, 0.1) is 12.8 Å². The van der Waals surface area contributed by atoms with Crippen molar-refractivity contribution in [3.8, 4) is 11.3 Å². The van der Waals surface area contributed by atoms with Gasteiger partial charge in [0.1, 0.15) is 0 Å². The van der Waals surface area contributed by atoms with Gasteiger partial charge in [0, 0.05) is 18.2 Å². The van der Waals surface area contributed by atoms with E-state index in [-0.39, 0.29) is 5.91 Å². The van der Waals surface area contributed by atoms with Crippen molar-refractivity contribution in [2.24, 2.45) is 5.92 Å². The van der Waals surface area contributed by atoms with Crippen LogP contribution in [0.3, 0.4) is 0 Å². The van der Waals surface area contributed by atoms with E-state index in [0.717, 1.165) is 41.7 Å². The average Bonchev–Trinajstić information content (AvgIpc) is 3.13. The molecule has 1 aliphatic carbocycles. The van der Waals surface area contributed by atoms with Gasteiger partial charge in [0.2, 0.25) is 0 Å². The Bertz CT molecular complexity index is 1010. The molecule has 0 N–H and O–H groups in total. The molecule has 3 heterocycles. The van der Waals surface area contributed by atoms with Crippen LogP contribution in [0.15, 0.2) is 40.9 Å². The highest BCUT2D eigenvalue weighted by molar-refractivity contribution is 6.07. The number of carbonyl (C=O) groups excluding carboxylic acids is 1. The fourth-order valence-corrected chi connectivity index (χ4v) is 5.05. The van der Waals surface area contributed by atoms with Crippen molar-refractivity contribution in [2.75, 3.05) is 6.54 Å². The van der Waals surface area contributed by atoms with Crippen molar-refractivity contribution in [3.05, 3.63) is 47.7 Å². The first-order valence-electron chi connectivity index (χ1n) is 10.4. The third-order valence-electron chi connectivity index (χ3n) is 6.42. The predicted molar refractivity (Wildman–Crippen MR) is 108 cm³/mol. The van der Waals surface area contributed by atoms with Crippen molar-refractivity contribution in [1.29, 1.82) is 0 Å². The summed E-state index contributed by atoms with van der Waals surface area (Å²) in [6.07, 6.45) is 7.24. The Hall–Kier alpha value is -2.69. The smallest absolute Gasteiger partial charge is 0.259 e. The first kappa shape index (κ1) is 17.4. The van der Waals surface area contributed by atoms with Gasteiger partial charge in [-0.3, -0.25) is 4.79 Å². The predicted octanol–water partition coefficient (Wildman–Crippen LogP) is 4.99. The third kappa shape index (κ3) is 2.89. The summed E-state index contributed by atoms with van der Waals surface area (Å²) >= 11 is 0. The van der Waals surface area contributed by atoms with E-state index in [4.69, 9.17) is 4.52 Å². The number of benzene rings is 1. The van der Waals surface area contributed by atoms with Gasteiger partial charge in [0.15, 0.2) is 0 Å². The van der Waals surface area contributed by atoms with Crippen LogP contribution < -0.4 is 0 Å². The van der Waals surface area contributed by atoms with Gasteiger partial charge in [-0.25, -0.2) is 4.98 Å². The molecule has 2 unspecified atom stereocenters. The molecule has 1 aromatic carbocycles. The molecule has 0 spiro atoms. The largest absolute Gasteiger partial charge is 0.335 e. The van der Waals surface area contributed by atoms with Crippen LogP contribution in [-0.4, -0.2) is 33.5 Å². The minimum Gasteiger partial charge on any atom is -0.335 e. The SMILES string of the molecule is Cc1noc2nc(-c3ccccc3)cc(C(=O)N3CCCC4CCCCC43)c12. The molecule has 28 heavy (non-hydrogen) atoms. The van der Waals surface area contributed by atoms with Gasteiger partial charge in [0.25, 0.3) is 11.6 Å². The molecule has 2 fully saturated rings. The molecule has 3 aromatic rings. The van der Waals surface area contributed by atoms with E-state index >= 15 is 0 Å². The van der Waals surface area contributed by atoms with E-state index in [1.807, 2.05) is 43.3 Å². The van der Waals surface area contributed by atoms with Gasteiger partial charge < -0.3 is 9.42 Å². The minimum absolute atomic E-state index is 0.104. The van der Waals surface area contributed by atoms with Crippen molar-refractivity contribution >= 4 is 17.0 Å². The second-order valence-corrected chi connectivity index (χ2v) is 8.12. The van der Waals surface area contributed by atoms with Crippen LogP contribution in [0.1, 0.15) is 54.6 Å². The van der Waals surface area contributed by atoms with E-state index in [1.165, 1.54) is 25.7 Å². The van der Waals surface area contributed by atoms with Crippen LogP contribution in [0.4, 0.5) is 0 Å². The summed E-state index contributed by atoms with van der Waals surface area (Å²) in [6, 6.07) is 12.2. The number of rotatable bonds is 2. The normalized spacial score (nSPS) is 22.2. The summed E-state index contributed by atoms with van der Waals surface area (Å²) in [5, 5.41) is 4.84. The number of pyridine rings is 1. The van der Waals surface area contributed by atoms with Crippen LogP contribution >= 0.6 is 0 Å². The zero-order chi connectivity index (χ0) is 19.1. The first-order valence-corrected chi connectivity index (χ1v) is 10.4. The lowest BCUT2D eigenvalue weighted by molar-refractivity contribution is 0.0392. The highest BCUT2D eigenvalue weighted by Gasteiger charge is 2.37. The highest BCUT2D eigenvalue weighted by atomic mass is 16.5. The Morgan fingerprint density at radius 1 is 1.11 bits per heavy atom.